The van der Waals surface area contributed by atoms with Gasteiger partial charge in [0.2, 0.25) is 5.91 Å². The highest BCUT2D eigenvalue weighted by Crippen LogP contribution is 2.39. The average Bonchev–Trinajstić information content (AvgIpc) is 3.17. The molecule has 0 radical (unpaired) electrons. The van der Waals surface area contributed by atoms with E-state index in [9.17, 15) is 24.6 Å². The lowest BCUT2D eigenvalue weighted by molar-refractivity contribution is -0.123. The molecule has 0 aliphatic heterocycles. The summed E-state index contributed by atoms with van der Waals surface area (Å²) in [7, 11) is 0. The molecule has 1 saturated carbocycles. The summed E-state index contributed by atoms with van der Waals surface area (Å²) >= 11 is 1.19. The Morgan fingerprint density at radius 3 is 2.52 bits per heavy atom. The summed E-state index contributed by atoms with van der Waals surface area (Å²) in [6.07, 6.45) is 7.73. The van der Waals surface area contributed by atoms with Crippen LogP contribution in [-0.2, 0) is 9.59 Å². The first kappa shape index (κ1) is 23.7. The minimum Gasteiger partial charge on any atom is -0.477 e. The van der Waals surface area contributed by atoms with E-state index >= 15 is 0 Å². The maximum Gasteiger partial charge on any atom is 0.348 e. The Morgan fingerprint density at radius 2 is 1.94 bits per heavy atom. The molecule has 31 heavy (non-hydrogen) atoms. The standard InChI is InChI=1S/C24H33NO5S/c1-15-5-7-18(8-6-15)23(28)25(13-3-4-16(2)26)20-14-21(31-22(20)24(29)30)17-9-11-19(27)12-10-17/h9,14-16,18,26H,3-8,10-13H2,1-2H3,(H,29,30). The Labute approximate surface area is 188 Å². The molecule has 1 aromatic rings. The number of carboxylic acid groups (broad SMARTS) is 1. The van der Waals surface area contributed by atoms with Gasteiger partial charge in [-0.25, -0.2) is 4.79 Å². The van der Waals surface area contributed by atoms with Gasteiger partial charge in [0.15, 0.2) is 0 Å². The molecule has 1 amide bonds. The number of carbonyl (C=O) groups is 3. The normalized spacial score (nSPS) is 22.7. The van der Waals surface area contributed by atoms with Gasteiger partial charge in [0.05, 0.1) is 11.8 Å². The van der Waals surface area contributed by atoms with E-state index in [1.165, 1.54) is 11.3 Å². The van der Waals surface area contributed by atoms with Gasteiger partial charge in [-0.05, 0) is 69.4 Å². The van der Waals surface area contributed by atoms with Crippen LogP contribution in [0.25, 0.3) is 5.57 Å². The number of aliphatic hydroxyl groups excluding tert-OH is 1. The Morgan fingerprint density at radius 1 is 1.23 bits per heavy atom. The number of amides is 1. The minimum absolute atomic E-state index is 0.00264. The molecule has 1 unspecified atom stereocenters. The van der Waals surface area contributed by atoms with Crippen molar-refractivity contribution in [2.45, 2.75) is 77.7 Å². The van der Waals surface area contributed by atoms with E-state index in [2.05, 4.69) is 6.92 Å². The molecule has 2 aliphatic carbocycles. The van der Waals surface area contributed by atoms with E-state index in [1.54, 1.807) is 11.8 Å². The molecule has 1 fully saturated rings. The number of rotatable bonds is 8. The summed E-state index contributed by atoms with van der Waals surface area (Å²) < 4.78 is 0. The van der Waals surface area contributed by atoms with Crippen LogP contribution in [0.3, 0.4) is 0 Å². The minimum atomic E-state index is -1.04. The summed E-state index contributed by atoms with van der Waals surface area (Å²) in [4.78, 5) is 39.8. The van der Waals surface area contributed by atoms with E-state index in [1.807, 2.05) is 12.1 Å². The first-order valence-corrected chi connectivity index (χ1v) is 12.2. The number of ketones is 1. The van der Waals surface area contributed by atoms with Gasteiger partial charge in [0, 0.05) is 30.2 Å². The number of nitrogens with zero attached hydrogens (tertiary/aromatic N) is 1. The smallest absolute Gasteiger partial charge is 0.348 e. The van der Waals surface area contributed by atoms with Crippen LogP contribution < -0.4 is 4.90 Å². The number of Topliss-reactive ketones (excluding diaryl/α,β-unsaturated/α-hetero) is 1. The molecule has 0 bridgehead atoms. The third kappa shape index (κ3) is 6.04. The van der Waals surface area contributed by atoms with E-state index < -0.39 is 12.1 Å². The lowest BCUT2D eigenvalue weighted by Crippen LogP contribution is -2.39. The Hall–Kier alpha value is -1.99. The highest BCUT2D eigenvalue weighted by molar-refractivity contribution is 7.15. The van der Waals surface area contributed by atoms with Gasteiger partial charge >= 0.3 is 5.97 Å². The zero-order chi connectivity index (χ0) is 22.5. The fourth-order valence-corrected chi connectivity index (χ4v) is 5.52. The van der Waals surface area contributed by atoms with Crippen molar-refractivity contribution in [1.82, 2.24) is 0 Å². The second-order valence-electron chi connectivity index (χ2n) is 9.04. The first-order valence-electron chi connectivity index (χ1n) is 11.3. The van der Waals surface area contributed by atoms with Crippen LogP contribution in [0.1, 0.15) is 86.2 Å². The summed E-state index contributed by atoms with van der Waals surface area (Å²) in [5.74, 6) is -0.308. The number of aromatic carboxylic acids is 1. The van der Waals surface area contributed by atoms with Gasteiger partial charge < -0.3 is 15.1 Å². The number of hydrogen-bond donors (Lipinski definition) is 2. The molecule has 6 nitrogen and oxygen atoms in total. The van der Waals surface area contributed by atoms with Gasteiger partial charge in [-0.1, -0.05) is 13.0 Å². The average molecular weight is 448 g/mol. The molecule has 0 saturated heterocycles. The van der Waals surface area contributed by atoms with E-state index in [0.29, 0.717) is 50.3 Å². The summed E-state index contributed by atoms with van der Waals surface area (Å²) in [5, 5.41) is 19.5. The topological polar surface area (TPSA) is 94.9 Å². The molecule has 170 valence electrons. The van der Waals surface area contributed by atoms with Crippen molar-refractivity contribution in [2.75, 3.05) is 11.4 Å². The fourth-order valence-electron chi connectivity index (χ4n) is 4.45. The molecule has 1 atom stereocenters. The van der Waals surface area contributed by atoms with Crippen LogP contribution in [-0.4, -0.2) is 40.5 Å². The van der Waals surface area contributed by atoms with E-state index in [0.717, 1.165) is 36.1 Å². The Kier molecular flexibility index (Phi) is 8.06. The largest absolute Gasteiger partial charge is 0.477 e. The van der Waals surface area contributed by atoms with Crippen LogP contribution in [0.2, 0.25) is 0 Å². The van der Waals surface area contributed by atoms with E-state index in [4.69, 9.17) is 0 Å². The van der Waals surface area contributed by atoms with Crippen molar-refractivity contribution in [3.63, 3.8) is 0 Å². The van der Waals surface area contributed by atoms with Crippen LogP contribution in [0.15, 0.2) is 12.1 Å². The fraction of sp³-hybridized carbons (Fsp3) is 0.625. The van der Waals surface area contributed by atoms with Crippen molar-refractivity contribution in [3.05, 3.63) is 21.9 Å². The Balaban J connectivity index is 1.91. The molecular weight excluding hydrogens is 414 g/mol. The van der Waals surface area contributed by atoms with Gasteiger partial charge in [-0.3, -0.25) is 9.59 Å². The summed E-state index contributed by atoms with van der Waals surface area (Å²) in [6.45, 7) is 4.32. The van der Waals surface area contributed by atoms with Crippen molar-refractivity contribution in [3.8, 4) is 0 Å². The maximum absolute atomic E-state index is 13.5. The van der Waals surface area contributed by atoms with E-state index in [-0.39, 0.29) is 22.5 Å². The number of thiophene rings is 1. The first-order chi connectivity index (χ1) is 14.8. The predicted molar refractivity (Wildman–Crippen MR) is 123 cm³/mol. The van der Waals surface area contributed by atoms with Gasteiger partial charge in [-0.2, -0.15) is 0 Å². The van der Waals surface area contributed by atoms with Crippen LogP contribution in [0.4, 0.5) is 5.69 Å². The lowest BCUT2D eigenvalue weighted by atomic mass is 9.82. The third-order valence-electron chi connectivity index (χ3n) is 6.40. The third-order valence-corrected chi connectivity index (χ3v) is 7.59. The number of hydrogen-bond acceptors (Lipinski definition) is 5. The second kappa shape index (κ2) is 10.6. The molecule has 1 aromatic heterocycles. The van der Waals surface area contributed by atoms with Crippen LogP contribution in [0.5, 0.6) is 0 Å². The Bertz CT molecular complexity index is 848. The van der Waals surface area contributed by atoms with Gasteiger partial charge in [0.1, 0.15) is 10.7 Å². The quantitative estimate of drug-likeness (QED) is 0.591. The van der Waals surface area contributed by atoms with Gasteiger partial charge in [0.25, 0.3) is 0 Å². The number of aliphatic hydroxyl groups is 1. The van der Waals surface area contributed by atoms with Crippen molar-refractivity contribution >= 4 is 40.3 Å². The predicted octanol–water partition coefficient (Wildman–Crippen LogP) is 4.90. The SMILES string of the molecule is CC(O)CCCN(C(=O)C1CCC(C)CC1)c1cc(C2=CCC(=O)CC2)sc1C(=O)O. The van der Waals surface area contributed by atoms with Crippen molar-refractivity contribution < 1.29 is 24.6 Å². The summed E-state index contributed by atoms with van der Waals surface area (Å²) in [5.41, 5.74) is 1.45. The zero-order valence-electron chi connectivity index (χ0n) is 18.4. The van der Waals surface area contributed by atoms with Crippen molar-refractivity contribution in [1.29, 1.82) is 0 Å². The molecule has 0 aromatic carbocycles. The lowest BCUT2D eigenvalue weighted by Gasteiger charge is -2.31. The number of allylic oxidation sites excluding steroid dienone is 2. The van der Waals surface area contributed by atoms with Gasteiger partial charge in [-0.15, -0.1) is 11.3 Å². The van der Waals surface area contributed by atoms with Crippen molar-refractivity contribution in [2.24, 2.45) is 11.8 Å². The summed E-state index contributed by atoms with van der Waals surface area (Å²) in [6, 6.07) is 1.82. The second-order valence-corrected chi connectivity index (χ2v) is 10.1. The van der Waals surface area contributed by atoms with Crippen LogP contribution in [0, 0.1) is 11.8 Å². The molecule has 0 spiro atoms. The number of carboxylic acids is 1. The zero-order valence-corrected chi connectivity index (χ0v) is 19.2. The number of anilines is 1. The highest BCUT2D eigenvalue weighted by atomic mass is 32.1. The number of carbonyl (C=O) groups excluding carboxylic acids is 2. The molecule has 2 N–H and O–H groups in total. The molecular formula is C24H33NO5S. The molecule has 3 rings (SSSR count). The maximum atomic E-state index is 13.5. The highest BCUT2D eigenvalue weighted by Gasteiger charge is 2.32. The molecule has 1 heterocycles. The van der Waals surface area contributed by atoms with Crippen LogP contribution >= 0.6 is 11.3 Å². The molecule has 7 heteroatoms. The molecule has 2 aliphatic rings. The monoisotopic (exact) mass is 447 g/mol.